The maximum absolute atomic E-state index is 10.1. The van der Waals surface area contributed by atoms with Crippen LogP contribution in [0.5, 0.6) is 5.88 Å². The summed E-state index contributed by atoms with van der Waals surface area (Å²) < 4.78 is 6.48. The number of fused-ring (bicyclic) bond motifs is 3. The Bertz CT molecular complexity index is 893. The fourth-order valence-electron chi connectivity index (χ4n) is 5.53. The van der Waals surface area contributed by atoms with Crippen LogP contribution in [-0.4, -0.2) is 75.7 Å². The molecule has 5 rings (SSSR count). The second-order valence-corrected chi connectivity index (χ2v) is 10.2. The van der Waals surface area contributed by atoms with Gasteiger partial charge in [-0.2, -0.15) is 0 Å². The van der Waals surface area contributed by atoms with Gasteiger partial charge in [-0.25, -0.2) is 9.97 Å². The highest BCUT2D eigenvalue weighted by Gasteiger charge is 2.33. The summed E-state index contributed by atoms with van der Waals surface area (Å²) in [5, 5.41) is 24.1. The topological polar surface area (TPSA) is 117 Å². The standard InChI is InChI=1S/C22H33N5O3S/c23-20(29)16(28)11-13-1-6-17-18(13)19-21(25-12-26-22(19)31-17)30-15-4-2-14(3-5-15)27-9-7-24-8-10-27/h12-16,20,24,28-29H,1-11,23H2/t13-,14-,15-,16?,20?/m1/s1. The van der Waals surface area contributed by atoms with Crippen LogP contribution in [0.3, 0.4) is 0 Å². The smallest absolute Gasteiger partial charge is 0.225 e. The Kier molecular flexibility index (Phi) is 6.41. The first-order valence-corrected chi connectivity index (χ1v) is 12.4. The summed E-state index contributed by atoms with van der Waals surface area (Å²) in [5.41, 5.74) is 6.69. The third-order valence-corrected chi connectivity index (χ3v) is 8.38. The number of ether oxygens (including phenoxy) is 1. The fraction of sp³-hybridized carbons (Fsp3) is 0.727. The minimum absolute atomic E-state index is 0.147. The molecule has 2 aromatic heterocycles. The number of hydrogen-bond acceptors (Lipinski definition) is 9. The first-order chi connectivity index (χ1) is 15.1. The Morgan fingerprint density at radius 3 is 2.68 bits per heavy atom. The monoisotopic (exact) mass is 447 g/mol. The van der Waals surface area contributed by atoms with Gasteiger partial charge in [0.25, 0.3) is 0 Å². The van der Waals surface area contributed by atoms with E-state index in [9.17, 15) is 10.2 Å². The zero-order valence-corrected chi connectivity index (χ0v) is 18.7. The van der Waals surface area contributed by atoms with Gasteiger partial charge in [-0.05, 0) is 56.4 Å². The molecule has 5 N–H and O–H groups in total. The Morgan fingerprint density at radius 1 is 1.16 bits per heavy atom. The molecule has 0 bridgehead atoms. The Morgan fingerprint density at radius 2 is 1.94 bits per heavy atom. The van der Waals surface area contributed by atoms with Crippen molar-refractivity contribution in [3.63, 3.8) is 0 Å². The number of nitrogens with two attached hydrogens (primary N) is 1. The number of thiophene rings is 1. The van der Waals surface area contributed by atoms with Crippen LogP contribution in [0.25, 0.3) is 10.2 Å². The molecular formula is C22H33N5O3S. The molecule has 2 aliphatic carbocycles. The summed E-state index contributed by atoms with van der Waals surface area (Å²) in [7, 11) is 0. The van der Waals surface area contributed by atoms with Gasteiger partial charge < -0.3 is 26.0 Å². The molecule has 31 heavy (non-hydrogen) atoms. The number of nitrogens with zero attached hydrogens (tertiary/aromatic N) is 3. The number of aliphatic hydroxyl groups excluding tert-OH is 2. The van der Waals surface area contributed by atoms with Crippen LogP contribution in [0, 0.1) is 0 Å². The van der Waals surface area contributed by atoms with E-state index in [1.54, 1.807) is 17.7 Å². The molecule has 3 atom stereocenters. The molecule has 0 spiro atoms. The van der Waals surface area contributed by atoms with Gasteiger partial charge >= 0.3 is 0 Å². The molecule has 1 saturated heterocycles. The van der Waals surface area contributed by atoms with E-state index in [0.29, 0.717) is 18.3 Å². The molecule has 3 aliphatic rings. The van der Waals surface area contributed by atoms with Crippen molar-refractivity contribution in [2.45, 2.75) is 75.3 Å². The molecule has 3 heterocycles. The molecule has 0 radical (unpaired) electrons. The van der Waals surface area contributed by atoms with Crippen molar-refractivity contribution in [1.82, 2.24) is 20.2 Å². The zero-order chi connectivity index (χ0) is 21.4. The summed E-state index contributed by atoms with van der Waals surface area (Å²) in [6.07, 6.45) is 6.43. The molecule has 0 amide bonds. The largest absolute Gasteiger partial charge is 0.474 e. The van der Waals surface area contributed by atoms with Crippen LogP contribution < -0.4 is 15.8 Å². The normalized spacial score (nSPS) is 29.1. The molecular weight excluding hydrogens is 414 g/mol. The molecule has 2 fully saturated rings. The summed E-state index contributed by atoms with van der Waals surface area (Å²) in [4.78, 5) is 13.9. The lowest BCUT2D eigenvalue weighted by atomic mass is 9.91. The number of rotatable bonds is 6. The maximum atomic E-state index is 10.1. The summed E-state index contributed by atoms with van der Waals surface area (Å²) in [6.45, 7) is 4.48. The van der Waals surface area contributed by atoms with Gasteiger partial charge in [0.1, 0.15) is 23.5 Å². The molecule has 8 nitrogen and oxygen atoms in total. The van der Waals surface area contributed by atoms with Gasteiger partial charge in [-0.15, -0.1) is 11.3 Å². The fourth-order valence-corrected chi connectivity index (χ4v) is 6.76. The first kappa shape index (κ1) is 21.5. The van der Waals surface area contributed by atoms with Crippen LogP contribution in [0.15, 0.2) is 6.33 Å². The molecule has 170 valence electrons. The van der Waals surface area contributed by atoms with Gasteiger partial charge in [0, 0.05) is 37.1 Å². The van der Waals surface area contributed by atoms with Crippen molar-refractivity contribution in [3.8, 4) is 5.88 Å². The van der Waals surface area contributed by atoms with E-state index < -0.39 is 12.3 Å². The number of nitrogens with one attached hydrogen (secondary N) is 1. The maximum Gasteiger partial charge on any atom is 0.225 e. The van der Waals surface area contributed by atoms with E-state index in [0.717, 1.165) is 62.1 Å². The van der Waals surface area contributed by atoms with Crippen molar-refractivity contribution >= 4 is 21.6 Å². The highest BCUT2D eigenvalue weighted by Crippen LogP contribution is 2.47. The minimum Gasteiger partial charge on any atom is -0.474 e. The lowest BCUT2D eigenvalue weighted by molar-refractivity contribution is 0.0146. The van der Waals surface area contributed by atoms with Gasteiger partial charge in [-0.3, -0.25) is 4.90 Å². The predicted molar refractivity (Wildman–Crippen MR) is 120 cm³/mol. The molecule has 9 heteroatoms. The van der Waals surface area contributed by atoms with E-state index in [-0.39, 0.29) is 12.0 Å². The second kappa shape index (κ2) is 9.25. The molecule has 2 unspecified atom stereocenters. The van der Waals surface area contributed by atoms with E-state index in [2.05, 4.69) is 20.2 Å². The summed E-state index contributed by atoms with van der Waals surface area (Å²) in [5.74, 6) is 0.830. The van der Waals surface area contributed by atoms with Crippen molar-refractivity contribution in [2.24, 2.45) is 5.73 Å². The van der Waals surface area contributed by atoms with Crippen LogP contribution in [-0.2, 0) is 6.42 Å². The molecule has 1 saturated carbocycles. The Labute approximate surface area is 186 Å². The van der Waals surface area contributed by atoms with E-state index >= 15 is 0 Å². The third-order valence-electron chi connectivity index (χ3n) is 7.21. The first-order valence-electron chi connectivity index (χ1n) is 11.6. The number of piperazine rings is 1. The quantitative estimate of drug-likeness (QED) is 0.490. The van der Waals surface area contributed by atoms with Crippen LogP contribution in [0.1, 0.15) is 54.9 Å². The van der Waals surface area contributed by atoms with E-state index in [4.69, 9.17) is 10.5 Å². The number of aliphatic hydroxyl groups is 2. The zero-order valence-electron chi connectivity index (χ0n) is 17.9. The Hall–Kier alpha value is -1.36. The van der Waals surface area contributed by atoms with E-state index in [1.807, 2.05) is 0 Å². The van der Waals surface area contributed by atoms with Gasteiger partial charge in [0.05, 0.1) is 11.5 Å². The number of aromatic nitrogens is 2. The van der Waals surface area contributed by atoms with Gasteiger partial charge in [0.15, 0.2) is 0 Å². The highest BCUT2D eigenvalue weighted by molar-refractivity contribution is 7.19. The predicted octanol–water partition coefficient (Wildman–Crippen LogP) is 1.34. The molecule has 0 aromatic carbocycles. The molecule has 1 aliphatic heterocycles. The number of aryl methyl sites for hydroxylation is 1. The second-order valence-electron chi connectivity index (χ2n) is 9.16. The van der Waals surface area contributed by atoms with Crippen molar-refractivity contribution in [2.75, 3.05) is 26.2 Å². The van der Waals surface area contributed by atoms with E-state index in [1.165, 1.54) is 23.3 Å². The van der Waals surface area contributed by atoms with Crippen LogP contribution >= 0.6 is 11.3 Å². The van der Waals surface area contributed by atoms with Gasteiger partial charge in [0.2, 0.25) is 5.88 Å². The van der Waals surface area contributed by atoms with Crippen LogP contribution in [0.2, 0.25) is 0 Å². The summed E-state index contributed by atoms with van der Waals surface area (Å²) in [6, 6.07) is 0.673. The Balaban J connectivity index is 1.31. The van der Waals surface area contributed by atoms with Crippen LogP contribution in [0.4, 0.5) is 0 Å². The minimum atomic E-state index is -1.22. The summed E-state index contributed by atoms with van der Waals surface area (Å²) >= 11 is 1.70. The molecule has 2 aromatic rings. The highest BCUT2D eigenvalue weighted by atomic mass is 32.1. The van der Waals surface area contributed by atoms with Gasteiger partial charge in [-0.1, -0.05) is 0 Å². The van der Waals surface area contributed by atoms with Crippen molar-refractivity contribution in [3.05, 3.63) is 16.8 Å². The number of hydrogen-bond donors (Lipinski definition) is 4. The van der Waals surface area contributed by atoms with Crippen molar-refractivity contribution < 1.29 is 14.9 Å². The lowest BCUT2D eigenvalue weighted by Crippen LogP contribution is -2.50. The average molecular weight is 448 g/mol. The SMILES string of the molecule is NC(O)C(O)C[C@H]1CCc2sc3ncnc(O[C@H]4CC[C@H](N5CCNCC5)CC4)c3c21. The average Bonchev–Trinajstić information content (AvgIpc) is 3.35. The van der Waals surface area contributed by atoms with Crippen molar-refractivity contribution in [1.29, 1.82) is 0 Å². The lowest BCUT2D eigenvalue weighted by Gasteiger charge is -2.39. The third kappa shape index (κ3) is 4.44.